The zero-order chi connectivity index (χ0) is 13.1. The molecule has 1 spiro atoms. The van der Waals surface area contributed by atoms with Crippen molar-refractivity contribution in [3.63, 3.8) is 0 Å². The van der Waals surface area contributed by atoms with Crippen LogP contribution in [-0.4, -0.2) is 23.8 Å². The molecule has 4 unspecified atom stereocenters. The zero-order valence-corrected chi connectivity index (χ0v) is 11.2. The van der Waals surface area contributed by atoms with Crippen molar-refractivity contribution in [3.05, 3.63) is 12.2 Å². The fraction of sp³-hybridized carbons (Fsp3) is 0.800. The maximum atomic E-state index is 12.4. The molecule has 0 aromatic heterocycles. The Morgan fingerprint density at radius 3 is 2.83 bits per heavy atom. The summed E-state index contributed by atoms with van der Waals surface area (Å²) in [4.78, 5) is 12.4. The molecular formula is C15H22O3. The van der Waals surface area contributed by atoms with E-state index in [0.29, 0.717) is 13.0 Å². The third kappa shape index (κ3) is 1.26. The van der Waals surface area contributed by atoms with Crippen molar-refractivity contribution in [1.29, 1.82) is 0 Å². The topological polar surface area (TPSA) is 46.5 Å². The van der Waals surface area contributed by atoms with E-state index in [1.807, 2.05) is 0 Å². The number of hydrogen-bond donors (Lipinski definition) is 1. The molecule has 0 amide bonds. The number of aliphatic hydroxyl groups is 1. The van der Waals surface area contributed by atoms with Gasteiger partial charge in [-0.05, 0) is 37.0 Å². The van der Waals surface area contributed by atoms with E-state index < -0.39 is 11.5 Å². The predicted molar refractivity (Wildman–Crippen MR) is 67.8 cm³/mol. The Bertz CT molecular complexity index is 412. The molecule has 0 bridgehead atoms. The first-order valence-electron chi connectivity index (χ1n) is 6.93. The van der Waals surface area contributed by atoms with Crippen LogP contribution in [0.4, 0.5) is 0 Å². The number of rotatable bonds is 0. The van der Waals surface area contributed by atoms with Gasteiger partial charge in [-0.25, -0.2) is 0 Å². The van der Waals surface area contributed by atoms with Crippen LogP contribution in [0, 0.1) is 22.7 Å². The predicted octanol–water partition coefficient (Wildman–Crippen LogP) is 2.29. The van der Waals surface area contributed by atoms with Gasteiger partial charge in [-0.3, -0.25) is 4.79 Å². The van der Waals surface area contributed by atoms with Crippen LogP contribution >= 0.6 is 0 Å². The molecular weight excluding hydrogens is 228 g/mol. The smallest absolute Gasteiger partial charge is 0.315 e. The number of carbonyl (C=O) groups excluding carboxylic acids is 1. The van der Waals surface area contributed by atoms with Gasteiger partial charge in [-0.2, -0.15) is 0 Å². The molecule has 18 heavy (non-hydrogen) atoms. The van der Waals surface area contributed by atoms with E-state index in [0.717, 1.165) is 24.8 Å². The Kier molecular flexibility index (Phi) is 2.44. The molecule has 3 aliphatic rings. The molecule has 100 valence electrons. The van der Waals surface area contributed by atoms with Gasteiger partial charge in [0.25, 0.3) is 0 Å². The monoisotopic (exact) mass is 250 g/mol. The van der Waals surface area contributed by atoms with E-state index in [1.165, 1.54) is 0 Å². The molecule has 1 heterocycles. The second kappa shape index (κ2) is 3.60. The van der Waals surface area contributed by atoms with Gasteiger partial charge < -0.3 is 9.84 Å². The highest BCUT2D eigenvalue weighted by atomic mass is 16.5. The van der Waals surface area contributed by atoms with Gasteiger partial charge in [0.15, 0.2) is 0 Å². The highest BCUT2D eigenvalue weighted by Crippen LogP contribution is 2.63. The van der Waals surface area contributed by atoms with E-state index >= 15 is 0 Å². The first-order chi connectivity index (χ1) is 8.40. The van der Waals surface area contributed by atoms with Crippen molar-refractivity contribution in [2.45, 2.75) is 45.6 Å². The van der Waals surface area contributed by atoms with E-state index in [-0.39, 0.29) is 23.2 Å². The summed E-state index contributed by atoms with van der Waals surface area (Å²) in [6.45, 7) is 8.98. The van der Waals surface area contributed by atoms with Gasteiger partial charge in [-0.15, -0.1) is 0 Å². The summed E-state index contributed by atoms with van der Waals surface area (Å²) in [5.41, 5.74) is 0.493. The van der Waals surface area contributed by atoms with Gasteiger partial charge in [0.2, 0.25) is 0 Å². The number of carbonyl (C=O) groups is 1. The summed E-state index contributed by atoms with van der Waals surface area (Å²) in [6.07, 6.45) is 3.03. The molecule has 2 saturated carbocycles. The van der Waals surface area contributed by atoms with Crippen LogP contribution in [0.15, 0.2) is 12.2 Å². The Morgan fingerprint density at radius 1 is 1.39 bits per heavy atom. The lowest BCUT2D eigenvalue weighted by Gasteiger charge is -2.56. The highest BCUT2D eigenvalue weighted by molar-refractivity contribution is 5.82. The Labute approximate surface area is 108 Å². The number of ether oxygens (including phenoxy) is 1. The maximum Gasteiger partial charge on any atom is 0.315 e. The normalized spacial score (nSPS) is 46.3. The van der Waals surface area contributed by atoms with Crippen LogP contribution in [0.5, 0.6) is 0 Å². The molecule has 4 atom stereocenters. The zero-order valence-electron chi connectivity index (χ0n) is 11.2. The maximum absolute atomic E-state index is 12.4. The van der Waals surface area contributed by atoms with Crippen molar-refractivity contribution < 1.29 is 14.6 Å². The third-order valence-corrected chi connectivity index (χ3v) is 5.69. The Morgan fingerprint density at radius 2 is 2.11 bits per heavy atom. The molecule has 3 nitrogen and oxygen atoms in total. The Hall–Kier alpha value is -0.830. The van der Waals surface area contributed by atoms with E-state index in [4.69, 9.17) is 4.74 Å². The van der Waals surface area contributed by atoms with Crippen LogP contribution in [0.2, 0.25) is 0 Å². The molecule has 2 aliphatic carbocycles. The van der Waals surface area contributed by atoms with Crippen molar-refractivity contribution in [2.75, 3.05) is 6.61 Å². The minimum absolute atomic E-state index is 0.0262. The minimum atomic E-state index is -0.697. The van der Waals surface area contributed by atoms with Gasteiger partial charge in [0.05, 0.1) is 12.7 Å². The second-order valence-electron chi connectivity index (χ2n) is 6.88. The number of hydrogen-bond acceptors (Lipinski definition) is 3. The van der Waals surface area contributed by atoms with Crippen molar-refractivity contribution in [1.82, 2.24) is 0 Å². The molecule has 1 N–H and O–H groups in total. The summed E-state index contributed by atoms with van der Waals surface area (Å²) >= 11 is 0. The SMILES string of the molecule is C=C1CCC2C(C)(C)CCC(O)C23C(=O)OCC13. The van der Waals surface area contributed by atoms with E-state index in [1.54, 1.807) is 0 Å². The van der Waals surface area contributed by atoms with E-state index in [2.05, 4.69) is 20.4 Å². The third-order valence-electron chi connectivity index (χ3n) is 5.69. The van der Waals surface area contributed by atoms with Crippen LogP contribution < -0.4 is 0 Å². The summed E-state index contributed by atoms with van der Waals surface area (Å²) in [5, 5.41) is 10.5. The first kappa shape index (κ1) is 12.2. The lowest BCUT2D eigenvalue weighted by Crippen LogP contribution is -2.59. The fourth-order valence-electron chi connectivity index (χ4n) is 4.71. The molecule has 0 aromatic rings. The molecule has 1 saturated heterocycles. The lowest BCUT2D eigenvalue weighted by molar-refractivity contribution is -0.175. The molecule has 3 heteroatoms. The van der Waals surface area contributed by atoms with Gasteiger partial charge >= 0.3 is 5.97 Å². The summed E-state index contributed by atoms with van der Waals surface area (Å²) in [6, 6.07) is 0. The number of aliphatic hydroxyl groups excluding tert-OH is 1. The summed E-state index contributed by atoms with van der Waals surface area (Å²) < 4.78 is 5.33. The lowest BCUT2D eigenvalue weighted by atomic mass is 9.46. The summed E-state index contributed by atoms with van der Waals surface area (Å²) in [5.74, 6) is 0.0659. The molecule has 0 aromatic carbocycles. The van der Waals surface area contributed by atoms with Crippen molar-refractivity contribution >= 4 is 5.97 Å². The first-order valence-corrected chi connectivity index (χ1v) is 6.93. The average Bonchev–Trinajstić information content (AvgIpc) is 2.65. The van der Waals surface area contributed by atoms with Crippen LogP contribution in [-0.2, 0) is 9.53 Å². The van der Waals surface area contributed by atoms with Gasteiger partial charge in [0, 0.05) is 5.92 Å². The average molecular weight is 250 g/mol. The molecule has 3 rings (SSSR count). The van der Waals surface area contributed by atoms with Crippen LogP contribution in [0.25, 0.3) is 0 Å². The van der Waals surface area contributed by atoms with Crippen molar-refractivity contribution in [2.24, 2.45) is 22.7 Å². The van der Waals surface area contributed by atoms with Gasteiger partial charge in [0.1, 0.15) is 5.41 Å². The Balaban J connectivity index is 2.14. The van der Waals surface area contributed by atoms with Crippen molar-refractivity contribution in [3.8, 4) is 0 Å². The summed E-state index contributed by atoms with van der Waals surface area (Å²) in [7, 11) is 0. The van der Waals surface area contributed by atoms with Crippen LogP contribution in [0.1, 0.15) is 39.5 Å². The standard InChI is InChI=1S/C15H22O3/c1-9-4-5-11-14(2,3)7-6-12(16)15(11)10(9)8-18-13(15)17/h10-12,16H,1,4-8H2,2-3H3. The molecule has 3 fully saturated rings. The van der Waals surface area contributed by atoms with E-state index in [9.17, 15) is 9.90 Å². The molecule has 1 aliphatic heterocycles. The van der Waals surface area contributed by atoms with Gasteiger partial charge in [-0.1, -0.05) is 26.0 Å². The second-order valence-corrected chi connectivity index (χ2v) is 6.88. The quantitative estimate of drug-likeness (QED) is 0.530. The number of esters is 1. The fourth-order valence-corrected chi connectivity index (χ4v) is 4.71. The molecule has 0 radical (unpaired) electrons. The number of cyclic esters (lactones) is 1. The largest absolute Gasteiger partial charge is 0.464 e. The minimum Gasteiger partial charge on any atom is -0.464 e. The highest BCUT2D eigenvalue weighted by Gasteiger charge is 2.67. The van der Waals surface area contributed by atoms with Crippen LogP contribution in [0.3, 0.4) is 0 Å².